The van der Waals surface area contributed by atoms with Crippen LogP contribution in [-0.4, -0.2) is 51.4 Å². The predicted octanol–water partition coefficient (Wildman–Crippen LogP) is 4.49. The summed E-state index contributed by atoms with van der Waals surface area (Å²) in [7, 11) is 0. The topological polar surface area (TPSA) is 76.7 Å². The highest BCUT2D eigenvalue weighted by Crippen LogP contribution is 2.32. The van der Waals surface area contributed by atoms with Gasteiger partial charge in [0, 0.05) is 18.8 Å². The zero-order valence-electron chi connectivity index (χ0n) is 20.4. The number of amides is 1. The van der Waals surface area contributed by atoms with Crippen molar-refractivity contribution in [3.63, 3.8) is 0 Å². The lowest BCUT2D eigenvalue weighted by Gasteiger charge is -2.30. The Bertz CT molecular complexity index is 1390. The zero-order valence-corrected chi connectivity index (χ0v) is 20.4. The molecule has 9 heteroatoms. The molecule has 0 aliphatic carbocycles. The van der Waals surface area contributed by atoms with Gasteiger partial charge in [-0.05, 0) is 68.7 Å². The van der Waals surface area contributed by atoms with Crippen molar-refractivity contribution in [1.82, 2.24) is 19.2 Å². The number of aryl methyl sites for hydroxylation is 1. The van der Waals surface area contributed by atoms with E-state index in [-0.39, 0.29) is 5.56 Å². The Morgan fingerprint density at radius 3 is 2.60 bits per heavy atom. The predicted molar refractivity (Wildman–Crippen MR) is 134 cm³/mol. The average molecular weight is 477 g/mol. The number of benzene rings is 1. The molecule has 0 atom stereocenters. The molecule has 0 spiro atoms. The number of hydrogen-bond acceptors (Lipinski definition) is 5. The molecule has 35 heavy (non-hydrogen) atoms. The first-order valence-corrected chi connectivity index (χ1v) is 11.7. The van der Waals surface area contributed by atoms with Crippen molar-refractivity contribution in [3.05, 3.63) is 66.1 Å². The van der Waals surface area contributed by atoms with Gasteiger partial charge in [0.2, 0.25) is 5.95 Å². The number of halogens is 1. The highest BCUT2D eigenvalue weighted by molar-refractivity contribution is 6.04. The molecule has 4 heterocycles. The monoisotopic (exact) mass is 476 g/mol. The van der Waals surface area contributed by atoms with Crippen LogP contribution >= 0.6 is 0 Å². The number of anilines is 2. The van der Waals surface area contributed by atoms with E-state index >= 15 is 0 Å². The molecule has 0 radical (unpaired) electrons. The minimum atomic E-state index is -0.649. The van der Waals surface area contributed by atoms with Crippen LogP contribution in [0.3, 0.4) is 0 Å². The Balaban J connectivity index is 1.48. The molecule has 8 nitrogen and oxygen atoms in total. The van der Waals surface area contributed by atoms with Crippen LogP contribution in [0.2, 0.25) is 0 Å². The van der Waals surface area contributed by atoms with Gasteiger partial charge < -0.3 is 15.0 Å². The number of carbonyl (C=O) groups excluding carboxylic acids is 1. The van der Waals surface area contributed by atoms with Crippen LogP contribution in [0.1, 0.15) is 36.7 Å². The number of rotatable bonds is 4. The van der Waals surface area contributed by atoms with Crippen molar-refractivity contribution < 1.29 is 13.9 Å². The molecule has 1 amide bonds. The summed E-state index contributed by atoms with van der Waals surface area (Å²) < 4.78 is 23.7. The second-order valence-corrected chi connectivity index (χ2v) is 9.81. The van der Waals surface area contributed by atoms with E-state index in [0.29, 0.717) is 18.9 Å². The van der Waals surface area contributed by atoms with Crippen molar-refractivity contribution >= 4 is 22.9 Å². The molecule has 3 aromatic heterocycles. The van der Waals surface area contributed by atoms with Gasteiger partial charge in [0.15, 0.2) is 0 Å². The molecule has 0 saturated carbocycles. The van der Waals surface area contributed by atoms with E-state index in [0.717, 1.165) is 41.1 Å². The third-order valence-corrected chi connectivity index (χ3v) is 6.23. The SMILES string of the molecule is Cc1ccc(NC(=O)c2cnn(C(C)(C)C)c2F)cc1-c1cc(N2CCOCC2)n2cncc2c1. The number of morpholine rings is 1. The number of aromatic nitrogens is 4. The van der Waals surface area contributed by atoms with Crippen molar-refractivity contribution in [2.45, 2.75) is 33.2 Å². The standard InChI is InChI=1S/C26H29FN6O2/c1-17-5-6-19(30-25(34)22-15-29-33(24(22)27)26(2,3)4)13-21(17)18-11-20-14-28-16-32(20)23(12-18)31-7-9-35-10-8-31/h5-6,11-16H,7-10H2,1-4H3,(H,30,34). The molecule has 1 N–H and O–H groups in total. The fourth-order valence-electron chi connectivity index (χ4n) is 4.37. The van der Waals surface area contributed by atoms with Gasteiger partial charge in [-0.25, -0.2) is 9.67 Å². The van der Waals surface area contributed by atoms with E-state index in [9.17, 15) is 9.18 Å². The molecular formula is C26H29FN6O2. The molecule has 1 fully saturated rings. The highest BCUT2D eigenvalue weighted by Gasteiger charge is 2.25. The van der Waals surface area contributed by atoms with Gasteiger partial charge >= 0.3 is 0 Å². The van der Waals surface area contributed by atoms with Crippen LogP contribution < -0.4 is 10.2 Å². The Kier molecular flexibility index (Phi) is 5.80. The summed E-state index contributed by atoms with van der Waals surface area (Å²) in [6, 6.07) is 9.92. The van der Waals surface area contributed by atoms with Gasteiger partial charge in [-0.15, -0.1) is 0 Å². The van der Waals surface area contributed by atoms with E-state index < -0.39 is 17.4 Å². The first kappa shape index (κ1) is 23.0. The molecule has 1 saturated heterocycles. The third-order valence-electron chi connectivity index (χ3n) is 6.23. The summed E-state index contributed by atoms with van der Waals surface area (Å²) in [6.07, 6.45) is 4.93. The zero-order chi connectivity index (χ0) is 24.7. The number of carbonyl (C=O) groups is 1. The number of hydrogen-bond donors (Lipinski definition) is 1. The molecule has 5 rings (SSSR count). The minimum Gasteiger partial charge on any atom is -0.378 e. The Hall–Kier alpha value is -3.72. The molecule has 0 bridgehead atoms. The maximum atomic E-state index is 14.8. The highest BCUT2D eigenvalue weighted by atomic mass is 19.1. The maximum absolute atomic E-state index is 14.8. The number of fused-ring (bicyclic) bond motifs is 1. The number of nitrogens with zero attached hydrogens (tertiary/aromatic N) is 5. The Morgan fingerprint density at radius 2 is 1.89 bits per heavy atom. The molecule has 4 aromatic rings. The molecule has 0 unspecified atom stereocenters. The molecule has 1 aliphatic heterocycles. The van der Waals surface area contributed by atoms with Gasteiger partial charge in [0.05, 0.1) is 36.7 Å². The van der Waals surface area contributed by atoms with Gasteiger partial charge in [0.25, 0.3) is 5.91 Å². The van der Waals surface area contributed by atoms with E-state index in [1.54, 1.807) is 0 Å². The van der Waals surface area contributed by atoms with Crippen molar-refractivity contribution in [2.24, 2.45) is 0 Å². The maximum Gasteiger partial charge on any atom is 0.261 e. The first-order valence-electron chi connectivity index (χ1n) is 11.7. The summed E-state index contributed by atoms with van der Waals surface area (Å²) >= 11 is 0. The number of imidazole rings is 1. The molecular weight excluding hydrogens is 447 g/mol. The summed E-state index contributed by atoms with van der Waals surface area (Å²) in [5.41, 5.74) is 3.97. The van der Waals surface area contributed by atoms with Crippen LogP contribution in [0.5, 0.6) is 0 Å². The molecule has 182 valence electrons. The van der Waals surface area contributed by atoms with Crippen LogP contribution in [-0.2, 0) is 10.3 Å². The van der Waals surface area contributed by atoms with Crippen molar-refractivity contribution in [2.75, 3.05) is 36.5 Å². The normalized spacial score (nSPS) is 14.5. The lowest BCUT2D eigenvalue weighted by Crippen LogP contribution is -2.37. The van der Waals surface area contributed by atoms with E-state index in [4.69, 9.17) is 4.74 Å². The van der Waals surface area contributed by atoms with Gasteiger partial charge in [-0.1, -0.05) is 6.07 Å². The van der Waals surface area contributed by atoms with Crippen LogP contribution in [0.25, 0.3) is 16.6 Å². The van der Waals surface area contributed by atoms with Crippen molar-refractivity contribution in [1.29, 1.82) is 0 Å². The lowest BCUT2D eigenvalue weighted by atomic mass is 10.00. The smallest absolute Gasteiger partial charge is 0.261 e. The van der Waals surface area contributed by atoms with Crippen LogP contribution in [0, 0.1) is 12.9 Å². The second kappa shape index (κ2) is 8.81. The van der Waals surface area contributed by atoms with Crippen LogP contribution in [0.15, 0.2) is 49.1 Å². The number of ether oxygens (including phenoxy) is 1. The Labute approximate surface area is 203 Å². The van der Waals surface area contributed by atoms with E-state index in [2.05, 4.69) is 36.8 Å². The second-order valence-electron chi connectivity index (χ2n) is 9.81. The quantitative estimate of drug-likeness (QED) is 0.470. The third kappa shape index (κ3) is 4.39. The lowest BCUT2D eigenvalue weighted by molar-refractivity contribution is 0.102. The summed E-state index contributed by atoms with van der Waals surface area (Å²) in [6.45, 7) is 10.5. The number of pyridine rings is 1. The fourth-order valence-corrected chi connectivity index (χ4v) is 4.37. The van der Waals surface area contributed by atoms with Gasteiger partial charge in [-0.2, -0.15) is 9.49 Å². The largest absolute Gasteiger partial charge is 0.378 e. The van der Waals surface area contributed by atoms with Gasteiger partial charge in [0.1, 0.15) is 17.7 Å². The molecule has 1 aliphatic rings. The fraction of sp³-hybridized carbons (Fsp3) is 0.346. The van der Waals surface area contributed by atoms with E-state index in [1.165, 1.54) is 10.9 Å². The minimum absolute atomic E-state index is 0.0858. The first-order chi connectivity index (χ1) is 16.7. The van der Waals surface area contributed by atoms with Gasteiger partial charge in [-0.3, -0.25) is 9.20 Å². The average Bonchev–Trinajstić information content (AvgIpc) is 3.46. The van der Waals surface area contributed by atoms with Crippen LogP contribution in [0.4, 0.5) is 15.9 Å². The van der Waals surface area contributed by atoms with E-state index in [1.807, 2.05) is 58.4 Å². The Morgan fingerprint density at radius 1 is 1.11 bits per heavy atom. The summed E-state index contributed by atoms with van der Waals surface area (Å²) in [5, 5.41) is 6.90. The molecule has 1 aromatic carbocycles. The number of nitrogens with one attached hydrogen (secondary N) is 1. The summed E-state index contributed by atoms with van der Waals surface area (Å²) in [4.78, 5) is 19.5. The summed E-state index contributed by atoms with van der Waals surface area (Å²) in [5.74, 6) is -0.138. The van der Waals surface area contributed by atoms with Crippen molar-refractivity contribution in [3.8, 4) is 11.1 Å².